The van der Waals surface area contributed by atoms with E-state index < -0.39 is 5.91 Å². The second-order valence-electron chi connectivity index (χ2n) is 4.96. The molecule has 1 heterocycles. The molecule has 7 nitrogen and oxygen atoms in total. The lowest BCUT2D eigenvalue weighted by molar-refractivity contribution is -0.123. The van der Waals surface area contributed by atoms with Crippen molar-refractivity contribution >= 4 is 23.7 Å². The molecular formula is C17H15ClN2O5. The predicted molar refractivity (Wildman–Crippen MR) is 91.8 cm³/mol. The average molecular weight is 363 g/mol. The zero-order valence-electron chi connectivity index (χ0n) is 13.3. The molecule has 0 spiro atoms. The first-order valence-corrected chi connectivity index (χ1v) is 7.72. The molecule has 3 rings (SSSR count). The van der Waals surface area contributed by atoms with Gasteiger partial charge < -0.3 is 18.9 Å². The standard InChI is InChI=1S/C17H15ClN2O5/c1-22-13-4-2-3-5-14(13)23-9-17(21)20-19-8-11-6-15-16(7-12(11)18)25-10-24-15/h2-8H,9-10H2,1H3,(H,20,21)/b19-8-. The summed E-state index contributed by atoms with van der Waals surface area (Å²) in [6.07, 6.45) is 1.42. The van der Waals surface area contributed by atoms with E-state index in [1.54, 1.807) is 30.3 Å². The van der Waals surface area contributed by atoms with E-state index in [9.17, 15) is 4.79 Å². The summed E-state index contributed by atoms with van der Waals surface area (Å²) >= 11 is 6.12. The van der Waals surface area contributed by atoms with Gasteiger partial charge in [-0.05, 0) is 18.2 Å². The van der Waals surface area contributed by atoms with Gasteiger partial charge >= 0.3 is 0 Å². The lowest BCUT2D eigenvalue weighted by Crippen LogP contribution is -2.24. The van der Waals surface area contributed by atoms with Gasteiger partial charge in [0.1, 0.15) is 0 Å². The lowest BCUT2D eigenvalue weighted by atomic mass is 10.2. The van der Waals surface area contributed by atoms with E-state index >= 15 is 0 Å². The summed E-state index contributed by atoms with van der Waals surface area (Å²) in [5.74, 6) is 1.76. The summed E-state index contributed by atoms with van der Waals surface area (Å²) in [5.41, 5.74) is 2.96. The van der Waals surface area contributed by atoms with Crippen LogP contribution in [0.4, 0.5) is 0 Å². The van der Waals surface area contributed by atoms with Crippen LogP contribution in [0.2, 0.25) is 5.02 Å². The SMILES string of the molecule is COc1ccccc1OCC(=O)N/N=C\c1cc2c(cc1Cl)OCO2. The van der Waals surface area contributed by atoms with Gasteiger partial charge in [0.15, 0.2) is 29.6 Å². The van der Waals surface area contributed by atoms with Crippen molar-refractivity contribution in [1.82, 2.24) is 5.43 Å². The third kappa shape index (κ3) is 4.13. The highest BCUT2D eigenvalue weighted by Crippen LogP contribution is 2.36. The van der Waals surface area contributed by atoms with Gasteiger partial charge in [-0.1, -0.05) is 23.7 Å². The Hall–Kier alpha value is -2.93. The first-order valence-electron chi connectivity index (χ1n) is 7.34. The van der Waals surface area contributed by atoms with Crippen LogP contribution in [0.15, 0.2) is 41.5 Å². The second kappa shape index (κ2) is 7.76. The highest BCUT2D eigenvalue weighted by Gasteiger charge is 2.15. The number of amides is 1. The molecule has 0 aliphatic carbocycles. The van der Waals surface area contributed by atoms with Crippen LogP contribution in [-0.4, -0.2) is 32.6 Å². The first-order chi connectivity index (χ1) is 12.2. The Bertz CT molecular complexity index is 810. The predicted octanol–water partition coefficient (Wildman–Crippen LogP) is 2.61. The number of carbonyl (C=O) groups excluding carboxylic acids is 1. The fraction of sp³-hybridized carbons (Fsp3) is 0.176. The second-order valence-corrected chi connectivity index (χ2v) is 5.37. The zero-order chi connectivity index (χ0) is 17.6. The minimum absolute atomic E-state index is 0.156. The van der Waals surface area contributed by atoms with Gasteiger partial charge in [-0.3, -0.25) is 4.79 Å². The van der Waals surface area contributed by atoms with Crippen molar-refractivity contribution in [3.63, 3.8) is 0 Å². The molecule has 0 fully saturated rings. The summed E-state index contributed by atoms with van der Waals surface area (Å²) in [4.78, 5) is 11.8. The number of methoxy groups -OCH3 is 1. The van der Waals surface area contributed by atoms with E-state index in [-0.39, 0.29) is 13.4 Å². The van der Waals surface area contributed by atoms with Crippen LogP contribution in [0.5, 0.6) is 23.0 Å². The highest BCUT2D eigenvalue weighted by atomic mass is 35.5. The van der Waals surface area contributed by atoms with Gasteiger partial charge in [-0.15, -0.1) is 0 Å². The van der Waals surface area contributed by atoms with Gasteiger partial charge in [0.2, 0.25) is 6.79 Å². The molecule has 0 radical (unpaired) electrons. The molecule has 2 aromatic rings. The van der Waals surface area contributed by atoms with E-state index in [1.807, 2.05) is 6.07 Å². The monoisotopic (exact) mass is 362 g/mol. The van der Waals surface area contributed by atoms with Crippen molar-refractivity contribution in [3.05, 3.63) is 47.0 Å². The van der Waals surface area contributed by atoms with E-state index in [0.29, 0.717) is 33.6 Å². The molecule has 1 amide bonds. The maximum Gasteiger partial charge on any atom is 0.277 e. The number of hydrogen-bond donors (Lipinski definition) is 1. The Balaban J connectivity index is 1.55. The van der Waals surface area contributed by atoms with Crippen LogP contribution in [0.3, 0.4) is 0 Å². The average Bonchev–Trinajstić information content (AvgIpc) is 3.07. The Labute approximate surface area is 149 Å². The highest BCUT2D eigenvalue weighted by molar-refractivity contribution is 6.33. The minimum Gasteiger partial charge on any atom is -0.493 e. The van der Waals surface area contributed by atoms with Crippen molar-refractivity contribution in [3.8, 4) is 23.0 Å². The number of benzene rings is 2. The van der Waals surface area contributed by atoms with E-state index in [0.717, 1.165) is 0 Å². The Morgan fingerprint density at radius 1 is 1.28 bits per heavy atom. The lowest BCUT2D eigenvalue weighted by Gasteiger charge is -2.09. The van der Waals surface area contributed by atoms with Crippen molar-refractivity contribution in [2.45, 2.75) is 0 Å². The van der Waals surface area contributed by atoms with Crippen LogP contribution in [0.25, 0.3) is 0 Å². The molecule has 0 saturated carbocycles. The molecule has 2 aromatic carbocycles. The van der Waals surface area contributed by atoms with Crippen LogP contribution < -0.4 is 24.4 Å². The fourth-order valence-electron chi connectivity index (χ4n) is 2.12. The summed E-state index contributed by atoms with van der Waals surface area (Å²) in [6.45, 7) is -0.0458. The molecule has 0 unspecified atom stereocenters. The molecular weight excluding hydrogens is 348 g/mol. The Morgan fingerprint density at radius 3 is 2.76 bits per heavy atom. The Morgan fingerprint density at radius 2 is 2.00 bits per heavy atom. The van der Waals surface area contributed by atoms with Gasteiger partial charge in [0.25, 0.3) is 5.91 Å². The number of hydrazone groups is 1. The Kier molecular flexibility index (Phi) is 5.25. The number of fused-ring (bicyclic) bond motifs is 1. The van der Waals surface area contributed by atoms with Crippen LogP contribution in [0.1, 0.15) is 5.56 Å². The van der Waals surface area contributed by atoms with Crippen LogP contribution in [-0.2, 0) is 4.79 Å². The number of hydrogen-bond acceptors (Lipinski definition) is 6. The maximum atomic E-state index is 11.8. The van der Waals surface area contributed by atoms with E-state index in [1.165, 1.54) is 13.3 Å². The molecule has 0 bridgehead atoms. The normalized spacial score (nSPS) is 12.2. The van der Waals surface area contributed by atoms with E-state index in [4.69, 9.17) is 30.5 Å². The molecule has 0 atom stereocenters. The molecule has 1 N–H and O–H groups in total. The van der Waals surface area contributed by atoms with Crippen molar-refractivity contribution in [2.24, 2.45) is 5.10 Å². The molecule has 130 valence electrons. The fourth-order valence-corrected chi connectivity index (χ4v) is 2.32. The van der Waals surface area contributed by atoms with Gasteiger partial charge in [-0.2, -0.15) is 5.10 Å². The number of carbonyl (C=O) groups is 1. The number of nitrogens with zero attached hydrogens (tertiary/aromatic N) is 1. The zero-order valence-corrected chi connectivity index (χ0v) is 14.1. The van der Waals surface area contributed by atoms with Crippen LogP contribution >= 0.6 is 11.6 Å². The number of rotatable bonds is 6. The third-order valence-electron chi connectivity index (χ3n) is 3.31. The number of para-hydroxylation sites is 2. The molecule has 0 aromatic heterocycles. The third-order valence-corrected chi connectivity index (χ3v) is 3.64. The smallest absolute Gasteiger partial charge is 0.277 e. The van der Waals surface area contributed by atoms with E-state index in [2.05, 4.69) is 10.5 Å². The topological polar surface area (TPSA) is 78.4 Å². The van der Waals surface area contributed by atoms with Gasteiger partial charge in [0, 0.05) is 11.6 Å². The van der Waals surface area contributed by atoms with Crippen molar-refractivity contribution in [1.29, 1.82) is 0 Å². The maximum absolute atomic E-state index is 11.8. The number of ether oxygens (including phenoxy) is 4. The van der Waals surface area contributed by atoms with Gasteiger partial charge in [0.05, 0.1) is 18.3 Å². The summed E-state index contributed by atoms with van der Waals surface area (Å²) in [5, 5.41) is 4.30. The summed E-state index contributed by atoms with van der Waals surface area (Å²) < 4.78 is 21.0. The molecule has 25 heavy (non-hydrogen) atoms. The van der Waals surface area contributed by atoms with Crippen LogP contribution in [0, 0.1) is 0 Å². The number of halogens is 1. The summed E-state index contributed by atoms with van der Waals surface area (Å²) in [6, 6.07) is 10.4. The quantitative estimate of drug-likeness (QED) is 0.631. The molecule has 1 aliphatic rings. The number of nitrogens with one attached hydrogen (secondary N) is 1. The summed E-state index contributed by atoms with van der Waals surface area (Å²) in [7, 11) is 1.53. The minimum atomic E-state index is -0.418. The van der Waals surface area contributed by atoms with Crippen molar-refractivity contribution < 1.29 is 23.7 Å². The largest absolute Gasteiger partial charge is 0.493 e. The van der Waals surface area contributed by atoms with Gasteiger partial charge in [-0.25, -0.2) is 5.43 Å². The van der Waals surface area contributed by atoms with Crippen molar-refractivity contribution in [2.75, 3.05) is 20.5 Å². The first kappa shape index (κ1) is 16.9. The molecule has 1 aliphatic heterocycles. The molecule has 8 heteroatoms. The molecule has 0 saturated heterocycles.